The van der Waals surface area contributed by atoms with Gasteiger partial charge in [0.1, 0.15) is 6.42 Å². The lowest BCUT2D eigenvalue weighted by Crippen LogP contribution is -2.14. The number of nitrogens with one attached hydrogen (secondary N) is 1. The zero-order chi connectivity index (χ0) is 14.6. The van der Waals surface area contributed by atoms with Gasteiger partial charge in [0, 0.05) is 11.6 Å². The molecule has 0 aliphatic heterocycles. The van der Waals surface area contributed by atoms with Gasteiger partial charge in [0.2, 0.25) is 5.91 Å². The molecular formula is C10H8N4O5. The van der Waals surface area contributed by atoms with Crippen LogP contribution < -0.4 is 5.32 Å². The Morgan fingerprint density at radius 2 is 2.00 bits per heavy atom. The summed E-state index contributed by atoms with van der Waals surface area (Å²) in [6.07, 6.45) is -0.553. The summed E-state index contributed by atoms with van der Waals surface area (Å²) >= 11 is 0. The summed E-state index contributed by atoms with van der Waals surface area (Å²) in [6, 6.07) is 3.83. The van der Waals surface area contributed by atoms with Crippen molar-refractivity contribution in [3.05, 3.63) is 37.9 Å². The molecule has 0 bridgehead atoms. The molecule has 1 rings (SSSR count). The first-order chi connectivity index (χ1) is 8.88. The fourth-order valence-electron chi connectivity index (χ4n) is 1.45. The summed E-state index contributed by atoms with van der Waals surface area (Å²) < 4.78 is 0. The number of rotatable bonds is 4. The van der Waals surface area contributed by atoms with Crippen LogP contribution >= 0.6 is 0 Å². The number of nitro benzene ring substituents is 2. The SMILES string of the molecule is Cc1ccc([N+](=O)[O-])c(NC(=O)CC#N)c1[N+](=O)[O-]. The van der Waals surface area contributed by atoms with Gasteiger partial charge in [0.15, 0.2) is 5.69 Å². The standard InChI is InChI=1S/C10H8N4O5/c1-6-2-3-7(13(16)17)9(10(6)14(18)19)12-8(15)4-5-11/h2-3H,4H2,1H3,(H,12,15). The van der Waals surface area contributed by atoms with Gasteiger partial charge < -0.3 is 5.32 Å². The first-order valence-corrected chi connectivity index (χ1v) is 4.97. The van der Waals surface area contributed by atoms with Crippen LogP contribution in [0.15, 0.2) is 12.1 Å². The van der Waals surface area contributed by atoms with Crippen LogP contribution in [-0.2, 0) is 4.79 Å². The lowest BCUT2D eigenvalue weighted by Gasteiger charge is -2.06. The number of aryl methyl sites for hydroxylation is 1. The minimum absolute atomic E-state index is 0.169. The summed E-state index contributed by atoms with van der Waals surface area (Å²) in [5, 5.41) is 32.1. The molecule has 1 aromatic carbocycles. The zero-order valence-electron chi connectivity index (χ0n) is 9.74. The number of nitriles is 1. The Balaban J connectivity index is 3.42. The number of nitrogens with zero attached hydrogens (tertiary/aromatic N) is 3. The number of anilines is 1. The van der Waals surface area contributed by atoms with E-state index in [0.29, 0.717) is 0 Å². The second-order valence-corrected chi connectivity index (χ2v) is 3.52. The van der Waals surface area contributed by atoms with E-state index in [1.165, 1.54) is 13.0 Å². The van der Waals surface area contributed by atoms with Crippen LogP contribution in [0.1, 0.15) is 12.0 Å². The van der Waals surface area contributed by atoms with E-state index in [0.717, 1.165) is 6.07 Å². The van der Waals surface area contributed by atoms with Gasteiger partial charge in [-0.15, -0.1) is 0 Å². The summed E-state index contributed by atoms with van der Waals surface area (Å²) in [7, 11) is 0. The average molecular weight is 264 g/mol. The average Bonchev–Trinajstić information content (AvgIpc) is 2.28. The number of nitro groups is 2. The van der Waals surface area contributed by atoms with E-state index in [-0.39, 0.29) is 5.56 Å². The van der Waals surface area contributed by atoms with Crippen molar-refractivity contribution in [2.45, 2.75) is 13.3 Å². The van der Waals surface area contributed by atoms with E-state index in [9.17, 15) is 25.0 Å². The molecule has 0 aromatic heterocycles. The number of carbonyl (C=O) groups is 1. The molecule has 1 aromatic rings. The molecule has 0 unspecified atom stereocenters. The smallest absolute Gasteiger partial charge is 0.302 e. The van der Waals surface area contributed by atoms with Gasteiger partial charge in [-0.05, 0) is 13.0 Å². The van der Waals surface area contributed by atoms with Crippen molar-refractivity contribution in [1.82, 2.24) is 0 Å². The largest absolute Gasteiger partial charge is 0.314 e. The number of amides is 1. The van der Waals surface area contributed by atoms with Crippen LogP contribution in [0.3, 0.4) is 0 Å². The monoisotopic (exact) mass is 264 g/mol. The normalized spacial score (nSPS) is 9.47. The quantitative estimate of drug-likeness (QED) is 0.647. The minimum atomic E-state index is -0.848. The van der Waals surface area contributed by atoms with E-state index in [2.05, 4.69) is 0 Å². The summed E-state index contributed by atoms with van der Waals surface area (Å²) in [6.45, 7) is 1.39. The molecule has 19 heavy (non-hydrogen) atoms. The molecule has 98 valence electrons. The highest BCUT2D eigenvalue weighted by Gasteiger charge is 2.28. The van der Waals surface area contributed by atoms with Gasteiger partial charge in [0.05, 0.1) is 15.9 Å². The molecule has 0 fully saturated rings. The van der Waals surface area contributed by atoms with Gasteiger partial charge in [-0.1, -0.05) is 0 Å². The molecule has 0 aliphatic carbocycles. The summed E-state index contributed by atoms with van der Waals surface area (Å²) in [5.41, 5.74) is -1.48. The Morgan fingerprint density at radius 1 is 1.37 bits per heavy atom. The minimum Gasteiger partial charge on any atom is -0.314 e. The van der Waals surface area contributed by atoms with E-state index in [1.807, 2.05) is 5.32 Å². The maximum atomic E-state index is 11.3. The number of hydrogen-bond acceptors (Lipinski definition) is 6. The van der Waals surface area contributed by atoms with Crippen LogP contribution in [0.25, 0.3) is 0 Å². The van der Waals surface area contributed by atoms with E-state index in [1.54, 1.807) is 6.07 Å². The molecule has 0 radical (unpaired) electrons. The molecule has 9 heteroatoms. The van der Waals surface area contributed by atoms with Crippen LogP contribution in [-0.4, -0.2) is 15.8 Å². The van der Waals surface area contributed by atoms with E-state index in [4.69, 9.17) is 5.26 Å². The summed E-state index contributed by atoms with van der Waals surface area (Å²) in [5.74, 6) is -0.848. The Kier molecular flexibility index (Phi) is 4.10. The fraction of sp³-hybridized carbons (Fsp3) is 0.200. The van der Waals surface area contributed by atoms with Crippen LogP contribution in [0.2, 0.25) is 0 Å². The van der Waals surface area contributed by atoms with Crippen LogP contribution in [0.5, 0.6) is 0 Å². The van der Waals surface area contributed by atoms with Crippen molar-refractivity contribution in [2.24, 2.45) is 0 Å². The van der Waals surface area contributed by atoms with Crippen molar-refractivity contribution in [2.75, 3.05) is 5.32 Å². The molecule has 0 saturated carbocycles. The Morgan fingerprint density at radius 3 is 2.47 bits per heavy atom. The van der Waals surface area contributed by atoms with Crippen molar-refractivity contribution in [3.8, 4) is 6.07 Å². The molecule has 0 saturated heterocycles. The highest BCUT2D eigenvalue weighted by atomic mass is 16.6. The van der Waals surface area contributed by atoms with Gasteiger partial charge in [0.25, 0.3) is 5.69 Å². The lowest BCUT2D eigenvalue weighted by atomic mass is 10.1. The van der Waals surface area contributed by atoms with Gasteiger partial charge in [-0.3, -0.25) is 25.0 Å². The third kappa shape index (κ3) is 3.01. The van der Waals surface area contributed by atoms with Crippen LogP contribution in [0.4, 0.5) is 17.1 Å². The molecule has 0 heterocycles. The molecule has 0 spiro atoms. The van der Waals surface area contributed by atoms with E-state index >= 15 is 0 Å². The third-order valence-corrected chi connectivity index (χ3v) is 2.24. The van der Waals surface area contributed by atoms with E-state index < -0.39 is 39.2 Å². The van der Waals surface area contributed by atoms with Gasteiger partial charge >= 0.3 is 5.69 Å². The van der Waals surface area contributed by atoms with Gasteiger partial charge in [-0.2, -0.15) is 5.26 Å². The Bertz CT molecular complexity index is 605. The molecule has 9 nitrogen and oxygen atoms in total. The molecule has 0 atom stereocenters. The maximum Gasteiger partial charge on any atom is 0.302 e. The number of hydrogen-bond donors (Lipinski definition) is 1. The fourth-order valence-corrected chi connectivity index (χ4v) is 1.45. The topological polar surface area (TPSA) is 139 Å². The highest BCUT2D eigenvalue weighted by Crippen LogP contribution is 2.36. The van der Waals surface area contributed by atoms with Gasteiger partial charge in [-0.25, -0.2) is 0 Å². The van der Waals surface area contributed by atoms with Crippen LogP contribution in [0, 0.1) is 38.5 Å². The third-order valence-electron chi connectivity index (χ3n) is 2.24. The predicted molar refractivity (Wildman–Crippen MR) is 63.3 cm³/mol. The van der Waals surface area contributed by atoms with Crippen molar-refractivity contribution in [1.29, 1.82) is 5.26 Å². The highest BCUT2D eigenvalue weighted by molar-refractivity contribution is 5.97. The Labute approximate surface area is 106 Å². The summed E-state index contributed by atoms with van der Waals surface area (Å²) in [4.78, 5) is 31.4. The molecule has 0 aliphatic rings. The van der Waals surface area contributed by atoms with Crippen molar-refractivity contribution >= 4 is 23.0 Å². The lowest BCUT2D eigenvalue weighted by molar-refractivity contribution is -0.392. The molecule has 1 N–H and O–H groups in total. The second kappa shape index (κ2) is 5.54. The molecular weight excluding hydrogens is 256 g/mol. The molecule has 1 amide bonds. The Hall–Kier alpha value is -3.02. The first-order valence-electron chi connectivity index (χ1n) is 4.97. The zero-order valence-corrected chi connectivity index (χ0v) is 9.74. The maximum absolute atomic E-state index is 11.3. The first kappa shape index (κ1) is 14.0. The second-order valence-electron chi connectivity index (χ2n) is 3.52. The number of benzene rings is 1. The van der Waals surface area contributed by atoms with Crippen molar-refractivity contribution < 1.29 is 14.6 Å². The number of carbonyl (C=O) groups excluding carboxylic acids is 1. The predicted octanol–water partition coefficient (Wildman–Crippen LogP) is 1.66. The van der Waals surface area contributed by atoms with Crippen molar-refractivity contribution in [3.63, 3.8) is 0 Å².